The van der Waals surface area contributed by atoms with E-state index in [1.807, 2.05) is 0 Å². The highest BCUT2D eigenvalue weighted by molar-refractivity contribution is 5.95. The van der Waals surface area contributed by atoms with Gasteiger partial charge in [-0.1, -0.05) is 20.8 Å². The van der Waals surface area contributed by atoms with Crippen LogP contribution in [0.1, 0.15) is 33.6 Å². The van der Waals surface area contributed by atoms with Crippen LogP contribution in [0, 0.1) is 28.8 Å². The third kappa shape index (κ3) is 5.24. The molecule has 154 valence electrons. The van der Waals surface area contributed by atoms with Crippen molar-refractivity contribution in [3.8, 4) is 0 Å². The third-order valence-corrected chi connectivity index (χ3v) is 4.45. The maximum absolute atomic E-state index is 13.6. The number of likely N-dealkylation sites (tertiary alicyclic amines) is 1. The molecule has 0 bridgehead atoms. The van der Waals surface area contributed by atoms with Crippen LogP contribution in [0.5, 0.6) is 0 Å². The molecule has 0 aliphatic carbocycles. The Morgan fingerprint density at radius 1 is 1.14 bits per heavy atom. The average Bonchev–Trinajstić information content (AvgIpc) is 2.65. The Kier molecular flexibility index (Phi) is 6.69. The SMILES string of the molecule is CC(C)(C)C(=O)N1CCCC(C(=O)NCC(=O)Nc2ccc(F)c(F)c2F)C1. The van der Waals surface area contributed by atoms with Crippen LogP contribution in [0.15, 0.2) is 12.1 Å². The van der Waals surface area contributed by atoms with Crippen LogP contribution < -0.4 is 10.6 Å². The predicted molar refractivity (Wildman–Crippen MR) is 96.7 cm³/mol. The number of carbonyl (C=O) groups excluding carboxylic acids is 3. The zero-order chi connectivity index (χ0) is 21.1. The first-order valence-corrected chi connectivity index (χ1v) is 9.01. The molecule has 1 heterocycles. The van der Waals surface area contributed by atoms with E-state index in [1.165, 1.54) is 0 Å². The Hall–Kier alpha value is -2.58. The van der Waals surface area contributed by atoms with Crippen LogP contribution in [0.3, 0.4) is 0 Å². The molecule has 1 saturated heterocycles. The summed E-state index contributed by atoms with van der Waals surface area (Å²) in [6.07, 6.45) is 1.26. The van der Waals surface area contributed by atoms with Crippen molar-refractivity contribution < 1.29 is 27.6 Å². The Labute approximate surface area is 161 Å². The number of carbonyl (C=O) groups is 3. The molecular formula is C19H24F3N3O3. The fourth-order valence-corrected chi connectivity index (χ4v) is 2.98. The molecule has 1 fully saturated rings. The Balaban J connectivity index is 1.88. The van der Waals surface area contributed by atoms with Crippen molar-refractivity contribution in [2.45, 2.75) is 33.6 Å². The second kappa shape index (κ2) is 8.62. The van der Waals surface area contributed by atoms with Gasteiger partial charge in [0.05, 0.1) is 18.2 Å². The zero-order valence-corrected chi connectivity index (χ0v) is 16.1. The monoisotopic (exact) mass is 399 g/mol. The van der Waals surface area contributed by atoms with E-state index in [2.05, 4.69) is 10.6 Å². The van der Waals surface area contributed by atoms with E-state index in [4.69, 9.17) is 0 Å². The summed E-state index contributed by atoms with van der Waals surface area (Å²) in [6, 6.07) is 1.58. The van der Waals surface area contributed by atoms with Gasteiger partial charge in [-0.2, -0.15) is 0 Å². The number of benzene rings is 1. The van der Waals surface area contributed by atoms with Crippen LogP contribution in [-0.4, -0.2) is 42.3 Å². The molecule has 3 amide bonds. The summed E-state index contributed by atoms with van der Waals surface area (Å²) in [5, 5.41) is 4.52. The third-order valence-electron chi connectivity index (χ3n) is 4.45. The maximum atomic E-state index is 13.6. The van der Waals surface area contributed by atoms with Gasteiger partial charge in [0.25, 0.3) is 0 Å². The minimum absolute atomic E-state index is 0.0449. The molecule has 2 N–H and O–H groups in total. The lowest BCUT2D eigenvalue weighted by atomic mass is 9.91. The minimum atomic E-state index is -1.69. The second-order valence-electron chi connectivity index (χ2n) is 7.83. The van der Waals surface area contributed by atoms with Gasteiger partial charge in [-0.15, -0.1) is 0 Å². The smallest absolute Gasteiger partial charge is 0.243 e. The summed E-state index contributed by atoms with van der Waals surface area (Å²) in [6.45, 7) is 5.81. The molecule has 1 aliphatic rings. The molecule has 1 atom stereocenters. The summed E-state index contributed by atoms with van der Waals surface area (Å²) in [4.78, 5) is 38.2. The molecule has 6 nitrogen and oxygen atoms in total. The number of anilines is 1. The number of nitrogens with zero attached hydrogens (tertiary/aromatic N) is 1. The molecule has 9 heteroatoms. The quantitative estimate of drug-likeness (QED) is 0.764. The first-order chi connectivity index (χ1) is 13.0. The molecule has 2 rings (SSSR count). The highest BCUT2D eigenvalue weighted by atomic mass is 19.2. The van der Waals surface area contributed by atoms with Gasteiger partial charge in [0.15, 0.2) is 17.5 Å². The van der Waals surface area contributed by atoms with Gasteiger partial charge in [-0.3, -0.25) is 14.4 Å². The zero-order valence-electron chi connectivity index (χ0n) is 16.1. The summed E-state index contributed by atoms with van der Waals surface area (Å²) in [7, 11) is 0. The van der Waals surface area contributed by atoms with Crippen molar-refractivity contribution in [3.63, 3.8) is 0 Å². The van der Waals surface area contributed by atoms with Crippen molar-refractivity contribution in [2.75, 3.05) is 25.0 Å². The lowest BCUT2D eigenvalue weighted by Crippen LogP contribution is -2.49. The number of hydrogen-bond acceptors (Lipinski definition) is 3. The van der Waals surface area contributed by atoms with E-state index in [-0.39, 0.29) is 12.5 Å². The molecule has 0 saturated carbocycles. The summed E-state index contributed by atoms with van der Waals surface area (Å²) in [5.41, 5.74) is -1.06. The topological polar surface area (TPSA) is 78.5 Å². The van der Waals surface area contributed by atoms with Crippen LogP contribution in [0.25, 0.3) is 0 Å². The molecule has 1 aliphatic heterocycles. The number of nitrogens with one attached hydrogen (secondary N) is 2. The van der Waals surface area contributed by atoms with E-state index >= 15 is 0 Å². The van der Waals surface area contributed by atoms with E-state index in [0.29, 0.717) is 25.5 Å². The van der Waals surface area contributed by atoms with E-state index in [9.17, 15) is 27.6 Å². The summed E-state index contributed by atoms with van der Waals surface area (Å²) in [5.74, 6) is -6.24. The van der Waals surface area contributed by atoms with Crippen molar-refractivity contribution in [2.24, 2.45) is 11.3 Å². The molecule has 1 aromatic rings. The minimum Gasteiger partial charge on any atom is -0.347 e. The van der Waals surface area contributed by atoms with Gasteiger partial charge < -0.3 is 15.5 Å². The highest BCUT2D eigenvalue weighted by Crippen LogP contribution is 2.23. The fraction of sp³-hybridized carbons (Fsp3) is 0.526. The van der Waals surface area contributed by atoms with E-state index < -0.39 is 52.8 Å². The van der Waals surface area contributed by atoms with Crippen molar-refractivity contribution >= 4 is 23.4 Å². The summed E-state index contributed by atoms with van der Waals surface area (Å²) >= 11 is 0. The van der Waals surface area contributed by atoms with Crippen molar-refractivity contribution in [1.82, 2.24) is 10.2 Å². The molecular weight excluding hydrogens is 375 g/mol. The fourth-order valence-electron chi connectivity index (χ4n) is 2.98. The van der Waals surface area contributed by atoms with Gasteiger partial charge in [0.2, 0.25) is 17.7 Å². The standard InChI is InChI=1S/C19H24F3N3O3/c1-19(2,3)18(28)25-8-4-5-11(10-25)17(27)23-9-14(26)24-13-7-6-12(20)15(21)16(13)22/h6-7,11H,4-5,8-10H2,1-3H3,(H,23,27)(H,24,26). The maximum Gasteiger partial charge on any atom is 0.243 e. The first-order valence-electron chi connectivity index (χ1n) is 9.01. The van der Waals surface area contributed by atoms with E-state index in [0.717, 1.165) is 6.07 Å². The second-order valence-corrected chi connectivity index (χ2v) is 7.83. The normalized spacial score (nSPS) is 17.2. The molecule has 0 aromatic heterocycles. The van der Waals surface area contributed by atoms with Crippen LogP contribution in [0.2, 0.25) is 0 Å². The average molecular weight is 399 g/mol. The molecule has 1 aromatic carbocycles. The molecule has 0 radical (unpaired) electrons. The van der Waals surface area contributed by atoms with Gasteiger partial charge in [0, 0.05) is 18.5 Å². The summed E-state index contributed by atoms with van der Waals surface area (Å²) < 4.78 is 39.7. The van der Waals surface area contributed by atoms with Gasteiger partial charge in [-0.05, 0) is 25.0 Å². The lowest BCUT2D eigenvalue weighted by molar-refractivity contribution is -0.143. The molecule has 28 heavy (non-hydrogen) atoms. The van der Waals surface area contributed by atoms with Gasteiger partial charge in [-0.25, -0.2) is 13.2 Å². The van der Waals surface area contributed by atoms with Gasteiger partial charge >= 0.3 is 0 Å². The number of hydrogen-bond donors (Lipinski definition) is 2. The van der Waals surface area contributed by atoms with E-state index in [1.54, 1.807) is 25.7 Å². The number of rotatable bonds is 4. The molecule has 0 spiro atoms. The first kappa shape index (κ1) is 21.7. The molecule has 1 unspecified atom stereocenters. The van der Waals surface area contributed by atoms with Crippen LogP contribution >= 0.6 is 0 Å². The predicted octanol–water partition coefficient (Wildman–Crippen LogP) is 2.44. The van der Waals surface area contributed by atoms with Crippen molar-refractivity contribution in [3.05, 3.63) is 29.6 Å². The number of piperidine rings is 1. The Bertz CT molecular complexity index is 778. The highest BCUT2D eigenvalue weighted by Gasteiger charge is 2.33. The van der Waals surface area contributed by atoms with Crippen LogP contribution in [-0.2, 0) is 14.4 Å². The number of halogens is 3. The van der Waals surface area contributed by atoms with Crippen molar-refractivity contribution in [1.29, 1.82) is 0 Å². The van der Waals surface area contributed by atoms with Gasteiger partial charge in [0.1, 0.15) is 0 Å². The van der Waals surface area contributed by atoms with Crippen LogP contribution in [0.4, 0.5) is 18.9 Å². The largest absolute Gasteiger partial charge is 0.347 e. The Morgan fingerprint density at radius 3 is 2.46 bits per heavy atom. The number of amides is 3. The lowest BCUT2D eigenvalue weighted by Gasteiger charge is -2.35. The Morgan fingerprint density at radius 2 is 1.82 bits per heavy atom.